The van der Waals surface area contributed by atoms with Crippen molar-refractivity contribution in [3.05, 3.63) is 41.6 Å². The van der Waals surface area contributed by atoms with E-state index in [0.717, 1.165) is 80.2 Å². The minimum absolute atomic E-state index is 0.123. The number of unbranched alkanes of at least 4 members (excludes halogenated alkanes) is 1. The molecule has 1 amide bonds. The van der Waals surface area contributed by atoms with Crippen LogP contribution in [0.2, 0.25) is 0 Å². The Morgan fingerprint density at radius 3 is 2.58 bits per heavy atom. The number of rotatable bonds is 7. The number of carbonyl (C=O) groups excluding carboxylic acids is 1. The number of hydrogen-bond donors (Lipinski definition) is 0. The van der Waals surface area contributed by atoms with Gasteiger partial charge in [-0.1, -0.05) is 57.0 Å². The van der Waals surface area contributed by atoms with Crippen LogP contribution in [0.15, 0.2) is 30.3 Å². The molecule has 166 valence electrons. The monoisotopic (exact) mass is 422 g/mol. The normalized spacial score (nSPS) is 17.4. The highest BCUT2D eigenvalue weighted by Crippen LogP contribution is 2.31. The second-order valence-corrected chi connectivity index (χ2v) is 8.52. The fourth-order valence-electron chi connectivity index (χ4n) is 4.55. The van der Waals surface area contributed by atoms with Crippen molar-refractivity contribution < 1.29 is 9.53 Å². The predicted molar refractivity (Wildman–Crippen MR) is 123 cm³/mol. The lowest BCUT2D eigenvalue weighted by molar-refractivity contribution is -0.136. The molecule has 6 heteroatoms. The molecule has 0 N–H and O–H groups in total. The maximum Gasteiger partial charge on any atom is 0.225 e. The van der Waals surface area contributed by atoms with Crippen molar-refractivity contribution in [1.82, 2.24) is 14.9 Å². The summed E-state index contributed by atoms with van der Waals surface area (Å²) in [6, 6.07) is 10.2. The zero-order valence-corrected chi connectivity index (χ0v) is 18.8. The van der Waals surface area contributed by atoms with Crippen LogP contribution in [0.25, 0.3) is 11.4 Å². The van der Waals surface area contributed by atoms with Gasteiger partial charge in [0.1, 0.15) is 5.82 Å². The average Bonchev–Trinajstić information content (AvgIpc) is 2.84. The summed E-state index contributed by atoms with van der Waals surface area (Å²) in [5.74, 6) is 2.17. The minimum Gasteiger partial charge on any atom is -0.378 e. The van der Waals surface area contributed by atoms with Crippen LogP contribution in [-0.4, -0.2) is 53.6 Å². The van der Waals surface area contributed by atoms with Gasteiger partial charge in [0.15, 0.2) is 5.82 Å². The number of amides is 1. The summed E-state index contributed by atoms with van der Waals surface area (Å²) < 4.78 is 5.57. The number of anilines is 1. The molecule has 6 nitrogen and oxygen atoms in total. The van der Waals surface area contributed by atoms with Crippen molar-refractivity contribution in [2.45, 2.75) is 52.5 Å². The fraction of sp³-hybridized carbons (Fsp3) is 0.560. The van der Waals surface area contributed by atoms with Crippen molar-refractivity contribution in [2.75, 3.05) is 37.7 Å². The Hall–Kier alpha value is -2.47. The third-order valence-corrected chi connectivity index (χ3v) is 6.44. The lowest BCUT2D eigenvalue weighted by atomic mass is 9.96. The summed E-state index contributed by atoms with van der Waals surface area (Å²) in [7, 11) is 0. The summed E-state index contributed by atoms with van der Waals surface area (Å²) >= 11 is 0. The number of benzene rings is 1. The van der Waals surface area contributed by atoms with Crippen LogP contribution in [-0.2, 0) is 22.5 Å². The van der Waals surface area contributed by atoms with Crippen molar-refractivity contribution in [2.24, 2.45) is 5.92 Å². The Bertz CT molecular complexity index is 881. The molecule has 1 unspecified atom stereocenters. The Morgan fingerprint density at radius 1 is 1.10 bits per heavy atom. The minimum atomic E-state index is 0.123. The van der Waals surface area contributed by atoms with Crippen LogP contribution in [0.4, 0.5) is 5.82 Å². The Morgan fingerprint density at radius 2 is 1.87 bits per heavy atom. The van der Waals surface area contributed by atoms with Crippen LogP contribution < -0.4 is 4.90 Å². The second kappa shape index (κ2) is 10.2. The van der Waals surface area contributed by atoms with Crippen LogP contribution in [0.1, 0.15) is 50.8 Å². The van der Waals surface area contributed by atoms with E-state index in [4.69, 9.17) is 14.7 Å². The van der Waals surface area contributed by atoms with E-state index >= 15 is 0 Å². The molecule has 3 heterocycles. The summed E-state index contributed by atoms with van der Waals surface area (Å²) in [5.41, 5.74) is 3.23. The van der Waals surface area contributed by atoms with Crippen molar-refractivity contribution in [3.8, 4) is 11.4 Å². The maximum atomic E-state index is 13.3. The quantitative estimate of drug-likeness (QED) is 0.673. The van der Waals surface area contributed by atoms with Crippen LogP contribution in [0.5, 0.6) is 0 Å². The Balaban J connectivity index is 1.65. The summed E-state index contributed by atoms with van der Waals surface area (Å²) in [6.07, 6.45) is 4.91. The molecule has 0 bridgehead atoms. The molecule has 0 aliphatic carbocycles. The van der Waals surface area contributed by atoms with Crippen molar-refractivity contribution >= 4 is 11.7 Å². The molecule has 1 saturated heterocycles. The van der Waals surface area contributed by atoms with E-state index in [1.54, 1.807) is 0 Å². The predicted octanol–water partition coefficient (Wildman–Crippen LogP) is 4.08. The molecule has 0 spiro atoms. The van der Waals surface area contributed by atoms with Gasteiger partial charge in [0.2, 0.25) is 5.91 Å². The molecular formula is C25H34N4O2. The first-order valence-corrected chi connectivity index (χ1v) is 11.8. The number of ether oxygens (including phenoxy) is 1. The van der Waals surface area contributed by atoms with Crippen LogP contribution in [0, 0.1) is 5.92 Å². The Labute approximate surface area is 185 Å². The topological polar surface area (TPSA) is 58.6 Å². The van der Waals surface area contributed by atoms with E-state index in [-0.39, 0.29) is 5.92 Å². The zero-order chi connectivity index (χ0) is 21.6. The maximum absolute atomic E-state index is 13.3. The van der Waals surface area contributed by atoms with Gasteiger partial charge in [-0.3, -0.25) is 4.79 Å². The summed E-state index contributed by atoms with van der Waals surface area (Å²) in [4.78, 5) is 27.6. The van der Waals surface area contributed by atoms with E-state index in [0.29, 0.717) is 25.7 Å². The SMILES string of the molecule is CCCCC(CC)C(=O)N1CCc2nc(-c3ccccc3)nc(N3CCOCC3)c2C1. The third kappa shape index (κ3) is 4.90. The number of hydrogen-bond acceptors (Lipinski definition) is 5. The van der Waals surface area contributed by atoms with Gasteiger partial charge in [0, 0.05) is 43.1 Å². The molecule has 0 radical (unpaired) electrons. The molecule has 2 aliphatic heterocycles. The number of carbonyl (C=O) groups is 1. The molecule has 2 aliphatic rings. The van der Waals surface area contributed by atoms with E-state index < -0.39 is 0 Å². The van der Waals surface area contributed by atoms with E-state index in [1.165, 1.54) is 0 Å². The second-order valence-electron chi connectivity index (χ2n) is 8.52. The molecule has 4 rings (SSSR count). The molecule has 2 aromatic rings. The van der Waals surface area contributed by atoms with Gasteiger partial charge in [-0.05, 0) is 12.8 Å². The third-order valence-electron chi connectivity index (χ3n) is 6.44. The standard InChI is InChI=1S/C25H34N4O2/c1-3-5-9-19(4-2)25(30)29-13-12-22-21(18-29)24(28-14-16-31-17-15-28)27-23(26-22)20-10-7-6-8-11-20/h6-8,10-11,19H,3-5,9,12-18H2,1-2H3. The molecule has 1 atom stereocenters. The molecular weight excluding hydrogens is 388 g/mol. The van der Waals surface area contributed by atoms with Crippen molar-refractivity contribution in [3.63, 3.8) is 0 Å². The van der Waals surface area contributed by atoms with E-state index in [2.05, 4.69) is 30.9 Å². The summed E-state index contributed by atoms with van der Waals surface area (Å²) in [6.45, 7) is 8.71. The molecule has 31 heavy (non-hydrogen) atoms. The number of fused-ring (bicyclic) bond motifs is 1. The van der Waals surface area contributed by atoms with Gasteiger partial charge < -0.3 is 14.5 Å². The van der Waals surface area contributed by atoms with Gasteiger partial charge >= 0.3 is 0 Å². The van der Waals surface area contributed by atoms with Crippen LogP contribution >= 0.6 is 0 Å². The average molecular weight is 423 g/mol. The number of morpholine rings is 1. The molecule has 1 aromatic heterocycles. The molecule has 1 aromatic carbocycles. The Kier molecular flexibility index (Phi) is 7.17. The lowest BCUT2D eigenvalue weighted by Gasteiger charge is -2.35. The highest BCUT2D eigenvalue weighted by atomic mass is 16.5. The highest BCUT2D eigenvalue weighted by Gasteiger charge is 2.30. The summed E-state index contributed by atoms with van der Waals surface area (Å²) in [5, 5.41) is 0. The van der Waals surface area contributed by atoms with Gasteiger partial charge in [-0.25, -0.2) is 9.97 Å². The van der Waals surface area contributed by atoms with Crippen molar-refractivity contribution in [1.29, 1.82) is 0 Å². The number of aromatic nitrogens is 2. The first kappa shape index (κ1) is 21.8. The van der Waals surface area contributed by atoms with Crippen LogP contribution in [0.3, 0.4) is 0 Å². The first-order valence-electron chi connectivity index (χ1n) is 11.8. The highest BCUT2D eigenvalue weighted by molar-refractivity contribution is 5.79. The van der Waals surface area contributed by atoms with Gasteiger partial charge in [-0.15, -0.1) is 0 Å². The first-order chi connectivity index (χ1) is 15.2. The van der Waals surface area contributed by atoms with Gasteiger partial charge in [0.25, 0.3) is 0 Å². The van der Waals surface area contributed by atoms with E-state index in [1.807, 2.05) is 23.1 Å². The fourth-order valence-corrected chi connectivity index (χ4v) is 4.55. The largest absolute Gasteiger partial charge is 0.378 e. The molecule has 0 saturated carbocycles. The lowest BCUT2D eigenvalue weighted by Crippen LogP contribution is -2.42. The smallest absolute Gasteiger partial charge is 0.225 e. The van der Waals surface area contributed by atoms with Gasteiger partial charge in [-0.2, -0.15) is 0 Å². The zero-order valence-electron chi connectivity index (χ0n) is 18.8. The van der Waals surface area contributed by atoms with E-state index in [9.17, 15) is 4.79 Å². The van der Waals surface area contributed by atoms with Gasteiger partial charge in [0.05, 0.1) is 25.5 Å². The molecule has 1 fully saturated rings. The number of nitrogens with zero attached hydrogens (tertiary/aromatic N) is 4.